The molecule has 0 aliphatic carbocycles. The van der Waals surface area contributed by atoms with Gasteiger partial charge >= 0.3 is 0 Å². The fourth-order valence-electron chi connectivity index (χ4n) is 3.73. The van der Waals surface area contributed by atoms with Gasteiger partial charge in [0.05, 0.1) is 24.2 Å². The largest absolute Gasteiger partial charge is 0.495 e. The van der Waals surface area contributed by atoms with Crippen LogP contribution < -0.4 is 13.8 Å². The van der Waals surface area contributed by atoms with Gasteiger partial charge in [-0.05, 0) is 41.2 Å². The topological polar surface area (TPSA) is 110 Å². The first kappa shape index (κ1) is 24.1. The highest BCUT2D eigenvalue weighted by molar-refractivity contribution is 7.94. The number of hydrogen-bond acceptors (Lipinski definition) is 6. The first-order valence-corrected chi connectivity index (χ1v) is 13.4. The van der Waals surface area contributed by atoms with Gasteiger partial charge in [-0.3, -0.25) is 9.52 Å². The summed E-state index contributed by atoms with van der Waals surface area (Å²) in [7, 11) is -6.69. The highest BCUT2D eigenvalue weighted by Gasteiger charge is 2.37. The van der Waals surface area contributed by atoms with E-state index in [2.05, 4.69) is 4.72 Å². The first-order valence-electron chi connectivity index (χ1n) is 10.3. The van der Waals surface area contributed by atoms with Gasteiger partial charge in [0.1, 0.15) is 10.6 Å². The molecule has 1 aliphatic rings. The number of sulfonamides is 2. The molecule has 2 aromatic rings. The Morgan fingerprint density at radius 3 is 2.09 bits per heavy atom. The molecule has 0 aromatic heterocycles. The van der Waals surface area contributed by atoms with E-state index >= 15 is 0 Å². The summed E-state index contributed by atoms with van der Waals surface area (Å²) in [5.41, 5.74) is 2.14. The minimum absolute atomic E-state index is 0.0325. The van der Waals surface area contributed by atoms with Gasteiger partial charge in [0, 0.05) is 6.42 Å². The zero-order chi connectivity index (χ0) is 23.8. The van der Waals surface area contributed by atoms with Gasteiger partial charge in [-0.1, -0.05) is 45.9 Å². The number of ether oxygens (including phenoxy) is 1. The molecular weight excluding hydrogens is 452 g/mol. The molecule has 1 aliphatic heterocycles. The maximum absolute atomic E-state index is 13.5. The van der Waals surface area contributed by atoms with E-state index in [1.165, 1.54) is 19.2 Å². The SMILES string of the molecule is COc1ccc(N2C(=O)CCS2(=O)=O)cc1S(=O)(=O)Nc1c(C(C)C)cccc1C(C)C. The zero-order valence-electron chi connectivity index (χ0n) is 18.7. The Bertz CT molecular complexity index is 1220. The smallest absolute Gasteiger partial charge is 0.265 e. The van der Waals surface area contributed by atoms with Crippen molar-refractivity contribution in [1.82, 2.24) is 0 Å². The monoisotopic (exact) mass is 480 g/mol. The van der Waals surface area contributed by atoms with Crippen molar-refractivity contribution >= 4 is 37.3 Å². The number of nitrogens with one attached hydrogen (secondary N) is 1. The number of hydrogen-bond donors (Lipinski definition) is 1. The fourth-order valence-corrected chi connectivity index (χ4v) is 6.49. The van der Waals surface area contributed by atoms with Gasteiger partial charge in [-0.2, -0.15) is 0 Å². The Hall–Kier alpha value is -2.59. The molecule has 1 fully saturated rings. The summed E-state index contributed by atoms with van der Waals surface area (Å²) >= 11 is 0. The highest BCUT2D eigenvalue weighted by Crippen LogP contribution is 2.37. The quantitative estimate of drug-likeness (QED) is 0.645. The van der Waals surface area contributed by atoms with Gasteiger partial charge in [0.25, 0.3) is 10.0 Å². The molecule has 1 amide bonds. The second kappa shape index (κ2) is 8.74. The van der Waals surface area contributed by atoms with Gasteiger partial charge in [-0.15, -0.1) is 0 Å². The first-order chi connectivity index (χ1) is 14.9. The van der Waals surface area contributed by atoms with Crippen molar-refractivity contribution < 1.29 is 26.4 Å². The van der Waals surface area contributed by atoms with Crippen molar-refractivity contribution in [2.45, 2.75) is 50.8 Å². The van der Waals surface area contributed by atoms with Crippen LogP contribution in [0.15, 0.2) is 41.3 Å². The molecule has 8 nitrogen and oxygen atoms in total. The lowest BCUT2D eigenvalue weighted by atomic mass is 9.93. The number of para-hydroxylation sites is 1. The molecular formula is C22H28N2O6S2. The van der Waals surface area contributed by atoms with Crippen LogP contribution in [0.4, 0.5) is 11.4 Å². The van der Waals surface area contributed by atoms with E-state index < -0.39 is 26.0 Å². The van der Waals surface area contributed by atoms with Crippen LogP contribution in [-0.4, -0.2) is 35.6 Å². The van der Waals surface area contributed by atoms with Crippen molar-refractivity contribution in [2.24, 2.45) is 0 Å². The number of carbonyl (C=O) groups excluding carboxylic acids is 1. The Labute approximate surface area is 189 Å². The Morgan fingerprint density at radius 1 is 1.03 bits per heavy atom. The lowest BCUT2D eigenvalue weighted by Crippen LogP contribution is -2.29. The number of amides is 1. The minimum Gasteiger partial charge on any atom is -0.495 e. The zero-order valence-corrected chi connectivity index (χ0v) is 20.4. The predicted molar refractivity (Wildman–Crippen MR) is 124 cm³/mol. The van der Waals surface area contributed by atoms with Crippen molar-refractivity contribution in [3.8, 4) is 5.75 Å². The molecule has 1 heterocycles. The Morgan fingerprint density at radius 2 is 1.62 bits per heavy atom. The van der Waals surface area contributed by atoms with Crippen LogP contribution in [0.3, 0.4) is 0 Å². The van der Waals surface area contributed by atoms with Crippen molar-refractivity contribution in [3.63, 3.8) is 0 Å². The molecule has 2 aromatic carbocycles. The number of nitrogens with zero attached hydrogens (tertiary/aromatic N) is 1. The number of benzene rings is 2. The Kier molecular flexibility index (Phi) is 6.57. The molecule has 0 bridgehead atoms. The number of carbonyl (C=O) groups is 1. The second-order valence-electron chi connectivity index (χ2n) is 8.29. The van der Waals surface area contributed by atoms with E-state index in [0.717, 1.165) is 17.2 Å². The van der Waals surface area contributed by atoms with E-state index in [1.54, 1.807) is 0 Å². The number of methoxy groups -OCH3 is 1. The molecule has 3 rings (SSSR count). The molecule has 0 saturated carbocycles. The fraction of sp³-hybridized carbons (Fsp3) is 0.409. The summed E-state index contributed by atoms with van der Waals surface area (Å²) in [5, 5.41) is 0. The predicted octanol–water partition coefficient (Wildman–Crippen LogP) is 3.81. The lowest BCUT2D eigenvalue weighted by molar-refractivity contribution is -0.116. The van der Waals surface area contributed by atoms with Gasteiger partial charge in [0.2, 0.25) is 15.9 Å². The van der Waals surface area contributed by atoms with Gasteiger partial charge < -0.3 is 4.74 Å². The van der Waals surface area contributed by atoms with Crippen LogP contribution >= 0.6 is 0 Å². The Balaban J connectivity index is 2.15. The maximum atomic E-state index is 13.5. The molecule has 32 heavy (non-hydrogen) atoms. The molecule has 1 N–H and O–H groups in total. The van der Waals surface area contributed by atoms with Crippen LogP contribution in [0, 0.1) is 0 Å². The van der Waals surface area contributed by atoms with E-state index in [-0.39, 0.29) is 40.3 Å². The molecule has 10 heteroatoms. The summed E-state index contributed by atoms with van der Waals surface area (Å²) < 4.78 is 60.3. The lowest BCUT2D eigenvalue weighted by Gasteiger charge is -2.22. The summed E-state index contributed by atoms with van der Waals surface area (Å²) in [6.07, 6.45) is -0.145. The van der Waals surface area contributed by atoms with Crippen molar-refractivity contribution in [3.05, 3.63) is 47.5 Å². The summed E-state index contributed by atoms with van der Waals surface area (Å²) in [6, 6.07) is 9.51. The van der Waals surface area contributed by atoms with Crippen LogP contribution in [0.1, 0.15) is 57.1 Å². The van der Waals surface area contributed by atoms with Gasteiger partial charge in [0.15, 0.2) is 0 Å². The van der Waals surface area contributed by atoms with Crippen LogP contribution in [-0.2, 0) is 24.8 Å². The third kappa shape index (κ3) is 4.47. The standard InChI is InChI=1S/C22H28N2O6S2/c1-14(2)17-7-6-8-18(15(3)4)22(17)23-32(28,29)20-13-16(9-10-19(20)30-5)24-21(25)11-12-31(24,26)27/h6-10,13-15,23H,11-12H2,1-5H3. The second-order valence-corrected chi connectivity index (χ2v) is 11.9. The summed E-state index contributed by atoms with van der Waals surface area (Å²) in [4.78, 5) is 11.9. The molecule has 1 saturated heterocycles. The van der Waals surface area contributed by atoms with Crippen molar-refractivity contribution in [1.29, 1.82) is 0 Å². The molecule has 0 radical (unpaired) electrons. The minimum atomic E-state index is -4.18. The third-order valence-electron chi connectivity index (χ3n) is 5.36. The number of rotatable bonds is 7. The molecule has 0 unspecified atom stereocenters. The summed E-state index contributed by atoms with van der Waals surface area (Å²) in [5.74, 6) is -0.742. The molecule has 0 atom stereocenters. The van der Waals surface area contributed by atoms with E-state index in [1.807, 2.05) is 45.9 Å². The average Bonchev–Trinajstić information content (AvgIpc) is 2.99. The number of anilines is 2. The summed E-state index contributed by atoms with van der Waals surface area (Å²) in [6.45, 7) is 7.90. The maximum Gasteiger partial charge on any atom is 0.265 e. The van der Waals surface area contributed by atoms with E-state index in [9.17, 15) is 21.6 Å². The average molecular weight is 481 g/mol. The van der Waals surface area contributed by atoms with Crippen LogP contribution in [0.25, 0.3) is 0 Å². The van der Waals surface area contributed by atoms with Crippen LogP contribution in [0.5, 0.6) is 5.75 Å². The van der Waals surface area contributed by atoms with E-state index in [0.29, 0.717) is 9.99 Å². The van der Waals surface area contributed by atoms with Gasteiger partial charge in [-0.25, -0.2) is 21.1 Å². The van der Waals surface area contributed by atoms with Crippen LogP contribution in [0.2, 0.25) is 0 Å². The normalized spacial score (nSPS) is 16.1. The van der Waals surface area contributed by atoms with Crippen molar-refractivity contribution in [2.75, 3.05) is 21.9 Å². The molecule has 0 spiro atoms. The third-order valence-corrected chi connectivity index (χ3v) is 8.42. The highest BCUT2D eigenvalue weighted by atomic mass is 32.2. The molecule has 174 valence electrons. The van der Waals surface area contributed by atoms with E-state index in [4.69, 9.17) is 4.74 Å².